The van der Waals surface area contributed by atoms with E-state index in [0.717, 1.165) is 44.1 Å². The van der Waals surface area contributed by atoms with E-state index in [1.807, 2.05) is 13.8 Å². The first-order chi connectivity index (χ1) is 14.4. The summed E-state index contributed by atoms with van der Waals surface area (Å²) >= 11 is 1.47. The number of carbonyl (C=O) groups excluding carboxylic acids is 1. The van der Waals surface area contributed by atoms with Crippen LogP contribution in [0.15, 0.2) is 29.2 Å². The minimum atomic E-state index is -3.58. The fourth-order valence-corrected chi connectivity index (χ4v) is 6.38. The molecule has 0 radical (unpaired) electrons. The minimum Gasteiger partial charge on any atom is -0.312 e. The molecule has 0 spiro atoms. The summed E-state index contributed by atoms with van der Waals surface area (Å²) in [6.07, 6.45) is 5.72. The van der Waals surface area contributed by atoms with Crippen LogP contribution in [-0.2, 0) is 22.9 Å². The molecule has 0 atom stereocenters. The number of aryl methyl sites for hydroxylation is 1. The SMILES string of the molecule is CCCCN(CC)S(=O)(=O)c1ccc(C(=O)Nc2sc3c(c2C#N)CCCC3)cc1. The lowest BCUT2D eigenvalue weighted by molar-refractivity contribution is 0.102. The van der Waals surface area contributed by atoms with E-state index in [4.69, 9.17) is 0 Å². The van der Waals surface area contributed by atoms with Gasteiger partial charge in [-0.05, 0) is 61.9 Å². The summed E-state index contributed by atoms with van der Waals surface area (Å²) in [6, 6.07) is 8.23. The Hall–Kier alpha value is -2.21. The first kappa shape index (κ1) is 22.5. The van der Waals surface area contributed by atoms with E-state index >= 15 is 0 Å². The van der Waals surface area contributed by atoms with Gasteiger partial charge in [0.15, 0.2) is 0 Å². The van der Waals surface area contributed by atoms with Crippen molar-refractivity contribution >= 4 is 32.3 Å². The lowest BCUT2D eigenvalue weighted by atomic mass is 9.96. The summed E-state index contributed by atoms with van der Waals surface area (Å²) in [7, 11) is -3.58. The van der Waals surface area contributed by atoms with Gasteiger partial charge in [-0.25, -0.2) is 8.42 Å². The summed E-state index contributed by atoms with van der Waals surface area (Å²) in [5.41, 5.74) is 2.00. The monoisotopic (exact) mass is 445 g/mol. The number of sulfonamides is 1. The maximum absolute atomic E-state index is 12.8. The van der Waals surface area contributed by atoms with Gasteiger partial charge < -0.3 is 5.32 Å². The third-order valence-electron chi connectivity index (χ3n) is 5.38. The topological polar surface area (TPSA) is 90.3 Å². The zero-order valence-corrected chi connectivity index (χ0v) is 19.0. The zero-order valence-electron chi connectivity index (χ0n) is 17.4. The van der Waals surface area contributed by atoms with Crippen molar-refractivity contribution in [3.63, 3.8) is 0 Å². The quantitative estimate of drug-likeness (QED) is 0.645. The van der Waals surface area contributed by atoms with Crippen molar-refractivity contribution in [1.82, 2.24) is 4.31 Å². The highest BCUT2D eigenvalue weighted by molar-refractivity contribution is 7.89. The van der Waals surface area contributed by atoms with Crippen LogP contribution in [0.2, 0.25) is 0 Å². The Balaban J connectivity index is 1.78. The molecule has 1 aromatic heterocycles. The molecular formula is C22H27N3O3S2. The second kappa shape index (κ2) is 9.73. The second-order valence-electron chi connectivity index (χ2n) is 7.36. The average Bonchev–Trinajstić information content (AvgIpc) is 3.11. The number of unbranched alkanes of at least 4 members (excludes halogenated alkanes) is 1. The first-order valence-electron chi connectivity index (χ1n) is 10.4. The average molecular weight is 446 g/mol. The van der Waals surface area contributed by atoms with Crippen LogP contribution >= 0.6 is 11.3 Å². The fourth-order valence-electron chi connectivity index (χ4n) is 3.66. The fraction of sp³-hybridized carbons (Fsp3) is 0.455. The van der Waals surface area contributed by atoms with Crippen LogP contribution in [0.25, 0.3) is 0 Å². The molecule has 2 aromatic rings. The highest BCUT2D eigenvalue weighted by Gasteiger charge is 2.24. The molecule has 1 heterocycles. The van der Waals surface area contributed by atoms with Crippen LogP contribution in [0.3, 0.4) is 0 Å². The number of rotatable bonds is 8. The molecular weight excluding hydrogens is 418 g/mol. The highest BCUT2D eigenvalue weighted by atomic mass is 32.2. The minimum absolute atomic E-state index is 0.182. The van der Waals surface area contributed by atoms with E-state index in [1.165, 1.54) is 44.8 Å². The predicted octanol–water partition coefficient (Wildman–Crippen LogP) is 4.56. The van der Waals surface area contributed by atoms with E-state index in [2.05, 4.69) is 11.4 Å². The van der Waals surface area contributed by atoms with Gasteiger partial charge in [-0.3, -0.25) is 4.79 Å². The first-order valence-corrected chi connectivity index (χ1v) is 12.6. The lowest BCUT2D eigenvalue weighted by Crippen LogP contribution is -2.31. The molecule has 30 heavy (non-hydrogen) atoms. The standard InChI is InChI=1S/C22H27N3O3S2/c1-3-5-14-25(4-2)30(27,28)17-12-10-16(11-13-17)21(26)24-22-19(15-23)18-8-6-7-9-20(18)29-22/h10-13H,3-9,14H2,1-2H3,(H,24,26). The Kier molecular flexibility index (Phi) is 7.29. The van der Waals surface area contributed by atoms with Crippen LogP contribution in [-0.4, -0.2) is 31.7 Å². The Bertz CT molecular complexity index is 1050. The van der Waals surface area contributed by atoms with Crippen LogP contribution in [0.1, 0.15) is 65.9 Å². The van der Waals surface area contributed by atoms with Crippen molar-refractivity contribution in [2.75, 3.05) is 18.4 Å². The number of nitrogens with one attached hydrogen (secondary N) is 1. The predicted molar refractivity (Wildman–Crippen MR) is 119 cm³/mol. The van der Waals surface area contributed by atoms with E-state index in [0.29, 0.717) is 29.2 Å². The number of benzene rings is 1. The molecule has 0 aliphatic heterocycles. The Labute approximate surface area is 182 Å². The molecule has 160 valence electrons. The molecule has 3 rings (SSSR count). The molecule has 1 aliphatic carbocycles. The largest absolute Gasteiger partial charge is 0.312 e. The number of fused-ring (bicyclic) bond motifs is 1. The number of nitriles is 1. The number of thiophene rings is 1. The number of carbonyl (C=O) groups is 1. The smallest absolute Gasteiger partial charge is 0.256 e. The molecule has 1 amide bonds. The summed E-state index contributed by atoms with van der Waals surface area (Å²) in [5.74, 6) is -0.340. The van der Waals surface area contributed by atoms with Crippen molar-refractivity contribution in [3.8, 4) is 6.07 Å². The number of amides is 1. The van der Waals surface area contributed by atoms with Crippen LogP contribution in [0.4, 0.5) is 5.00 Å². The molecule has 0 saturated heterocycles. The highest BCUT2D eigenvalue weighted by Crippen LogP contribution is 2.37. The van der Waals surface area contributed by atoms with Crippen LogP contribution in [0.5, 0.6) is 0 Å². The van der Waals surface area contributed by atoms with E-state index in [1.54, 1.807) is 0 Å². The van der Waals surface area contributed by atoms with Gasteiger partial charge in [0.1, 0.15) is 11.1 Å². The molecule has 1 aromatic carbocycles. The second-order valence-corrected chi connectivity index (χ2v) is 10.4. The Morgan fingerprint density at radius 2 is 1.90 bits per heavy atom. The van der Waals surface area contributed by atoms with Gasteiger partial charge in [0.25, 0.3) is 5.91 Å². The van der Waals surface area contributed by atoms with Crippen LogP contribution in [0, 0.1) is 11.3 Å². The van der Waals surface area contributed by atoms with Crippen molar-refractivity contribution < 1.29 is 13.2 Å². The van der Waals surface area contributed by atoms with Gasteiger partial charge in [0.2, 0.25) is 10.0 Å². The van der Waals surface area contributed by atoms with Gasteiger partial charge in [-0.15, -0.1) is 11.3 Å². The Morgan fingerprint density at radius 3 is 2.53 bits per heavy atom. The van der Waals surface area contributed by atoms with Crippen molar-refractivity contribution in [3.05, 3.63) is 45.8 Å². The lowest BCUT2D eigenvalue weighted by Gasteiger charge is -2.20. The summed E-state index contributed by atoms with van der Waals surface area (Å²) in [4.78, 5) is 14.1. The molecule has 0 fully saturated rings. The van der Waals surface area contributed by atoms with Crippen molar-refractivity contribution in [2.24, 2.45) is 0 Å². The van der Waals surface area contributed by atoms with Gasteiger partial charge >= 0.3 is 0 Å². The number of anilines is 1. The third-order valence-corrected chi connectivity index (χ3v) is 8.57. The number of hydrogen-bond donors (Lipinski definition) is 1. The number of nitrogens with zero attached hydrogens (tertiary/aromatic N) is 2. The molecule has 1 N–H and O–H groups in total. The molecule has 1 aliphatic rings. The van der Waals surface area contributed by atoms with Gasteiger partial charge in [-0.1, -0.05) is 20.3 Å². The molecule has 0 bridgehead atoms. The summed E-state index contributed by atoms with van der Waals surface area (Å²) < 4.78 is 27.1. The van der Waals surface area contributed by atoms with Crippen molar-refractivity contribution in [1.29, 1.82) is 5.26 Å². The molecule has 6 nitrogen and oxygen atoms in total. The molecule has 0 unspecified atom stereocenters. The van der Waals surface area contributed by atoms with Crippen molar-refractivity contribution in [2.45, 2.75) is 57.3 Å². The third kappa shape index (κ3) is 4.59. The van der Waals surface area contributed by atoms with E-state index < -0.39 is 10.0 Å². The van der Waals surface area contributed by atoms with Gasteiger partial charge in [-0.2, -0.15) is 9.57 Å². The van der Waals surface area contributed by atoms with E-state index in [-0.39, 0.29) is 10.8 Å². The summed E-state index contributed by atoms with van der Waals surface area (Å²) in [5, 5.41) is 13.0. The van der Waals surface area contributed by atoms with Gasteiger partial charge in [0.05, 0.1) is 10.5 Å². The van der Waals surface area contributed by atoms with Crippen LogP contribution < -0.4 is 5.32 Å². The zero-order chi connectivity index (χ0) is 21.7. The molecule has 8 heteroatoms. The molecule has 0 saturated carbocycles. The summed E-state index contributed by atoms with van der Waals surface area (Å²) in [6.45, 7) is 4.74. The number of hydrogen-bond acceptors (Lipinski definition) is 5. The maximum Gasteiger partial charge on any atom is 0.256 e. The van der Waals surface area contributed by atoms with Gasteiger partial charge in [0, 0.05) is 23.5 Å². The van der Waals surface area contributed by atoms with E-state index in [9.17, 15) is 18.5 Å². The normalized spacial score (nSPS) is 13.7. The Morgan fingerprint density at radius 1 is 1.20 bits per heavy atom. The maximum atomic E-state index is 12.8.